The van der Waals surface area contributed by atoms with Crippen molar-refractivity contribution in [3.63, 3.8) is 0 Å². The molecule has 8 heteroatoms. The first kappa shape index (κ1) is 10.7. The Hall–Kier alpha value is -1.83. The summed E-state index contributed by atoms with van der Waals surface area (Å²) in [5, 5.41) is 3.47. The molecule has 86 valence electrons. The van der Waals surface area contributed by atoms with Gasteiger partial charge in [-0.3, -0.25) is 4.72 Å². The molecule has 2 aromatic rings. The van der Waals surface area contributed by atoms with E-state index in [0.29, 0.717) is 5.76 Å². The lowest BCUT2D eigenvalue weighted by molar-refractivity contribution is 0.400. The fourth-order valence-corrected chi connectivity index (χ4v) is 2.10. The van der Waals surface area contributed by atoms with Crippen LogP contribution in [0.1, 0.15) is 5.76 Å². The number of nitrogens with zero attached hydrogens (tertiary/aromatic N) is 3. The summed E-state index contributed by atoms with van der Waals surface area (Å²) in [6.45, 7) is 1.67. The number of hydrogen-bond donors (Lipinski definition) is 1. The van der Waals surface area contributed by atoms with Crippen LogP contribution in [0.5, 0.6) is 0 Å². The van der Waals surface area contributed by atoms with Crippen LogP contribution in [-0.2, 0) is 17.1 Å². The lowest BCUT2D eigenvalue weighted by Crippen LogP contribution is -2.13. The predicted octanol–water partition coefficient (Wildman–Crippen LogP) is 0.517. The Bertz CT molecular complexity index is 598. The predicted molar refractivity (Wildman–Crippen MR) is 55.3 cm³/mol. The van der Waals surface area contributed by atoms with Gasteiger partial charge >= 0.3 is 0 Å². The molecule has 2 rings (SSSR count). The van der Waals surface area contributed by atoms with Gasteiger partial charge in [0, 0.05) is 19.3 Å². The minimum absolute atomic E-state index is 0.0596. The Morgan fingerprint density at radius 1 is 1.50 bits per heavy atom. The smallest absolute Gasteiger partial charge is 0.282 e. The molecule has 0 radical (unpaired) electrons. The van der Waals surface area contributed by atoms with E-state index in [1.54, 1.807) is 18.5 Å². The van der Waals surface area contributed by atoms with Gasteiger partial charge in [-0.2, -0.15) is 8.42 Å². The molecule has 0 aliphatic heterocycles. The molecule has 0 atom stereocenters. The van der Waals surface area contributed by atoms with E-state index < -0.39 is 10.0 Å². The summed E-state index contributed by atoms with van der Waals surface area (Å²) in [5.74, 6) is 0.668. The summed E-state index contributed by atoms with van der Waals surface area (Å²) in [6, 6.07) is 1.49. The molecule has 0 bridgehead atoms. The molecule has 2 heterocycles. The molecule has 16 heavy (non-hydrogen) atoms. The van der Waals surface area contributed by atoms with Gasteiger partial charge in [-0.25, -0.2) is 4.98 Å². The summed E-state index contributed by atoms with van der Waals surface area (Å²) in [4.78, 5) is 3.74. The van der Waals surface area contributed by atoms with Gasteiger partial charge in [-0.15, -0.1) is 0 Å². The number of rotatable bonds is 3. The summed E-state index contributed by atoms with van der Waals surface area (Å²) >= 11 is 0. The van der Waals surface area contributed by atoms with Gasteiger partial charge in [0.25, 0.3) is 10.0 Å². The monoisotopic (exact) mass is 242 g/mol. The van der Waals surface area contributed by atoms with E-state index in [9.17, 15) is 8.42 Å². The summed E-state index contributed by atoms with van der Waals surface area (Å²) < 4.78 is 32.1. The van der Waals surface area contributed by atoms with Crippen molar-refractivity contribution < 1.29 is 12.9 Å². The van der Waals surface area contributed by atoms with Gasteiger partial charge in [0.2, 0.25) is 0 Å². The Labute approximate surface area is 92.1 Å². The van der Waals surface area contributed by atoms with Crippen molar-refractivity contribution in [3.05, 3.63) is 24.4 Å². The normalized spacial score (nSPS) is 11.6. The highest BCUT2D eigenvalue weighted by atomic mass is 32.2. The molecular weight excluding hydrogens is 232 g/mol. The molecule has 0 unspecified atom stereocenters. The third kappa shape index (κ3) is 2.06. The number of imidazole rings is 1. The second-order valence-electron chi connectivity index (χ2n) is 3.31. The van der Waals surface area contributed by atoms with Crippen LogP contribution in [-0.4, -0.2) is 23.1 Å². The zero-order valence-electron chi connectivity index (χ0n) is 8.71. The lowest BCUT2D eigenvalue weighted by atomic mass is 10.5. The molecule has 0 saturated heterocycles. The second kappa shape index (κ2) is 3.63. The maximum Gasteiger partial charge on any atom is 0.282 e. The van der Waals surface area contributed by atoms with Crippen LogP contribution < -0.4 is 4.72 Å². The maximum atomic E-state index is 11.8. The Kier molecular flexibility index (Phi) is 2.43. The van der Waals surface area contributed by atoms with E-state index in [4.69, 9.17) is 4.52 Å². The number of anilines is 1. The summed E-state index contributed by atoms with van der Waals surface area (Å²) in [5.41, 5.74) is 0. The van der Waals surface area contributed by atoms with Crippen molar-refractivity contribution in [1.29, 1.82) is 0 Å². The molecule has 1 N–H and O–H groups in total. The van der Waals surface area contributed by atoms with Crippen LogP contribution in [0.3, 0.4) is 0 Å². The van der Waals surface area contributed by atoms with Crippen LogP contribution in [0, 0.1) is 6.92 Å². The van der Waals surface area contributed by atoms with Gasteiger partial charge < -0.3 is 9.09 Å². The topological polar surface area (TPSA) is 90.0 Å². The van der Waals surface area contributed by atoms with E-state index in [-0.39, 0.29) is 10.8 Å². The molecule has 2 aromatic heterocycles. The fourth-order valence-electron chi connectivity index (χ4n) is 1.13. The Morgan fingerprint density at radius 3 is 2.75 bits per heavy atom. The highest BCUT2D eigenvalue weighted by Gasteiger charge is 2.18. The Balaban J connectivity index is 2.27. The SMILES string of the molecule is Cc1cc(NS(=O)(=O)c2cn(C)cn2)no1. The van der Waals surface area contributed by atoms with Crippen molar-refractivity contribution in [1.82, 2.24) is 14.7 Å². The number of aromatic nitrogens is 3. The van der Waals surface area contributed by atoms with E-state index in [1.165, 1.54) is 18.6 Å². The second-order valence-corrected chi connectivity index (χ2v) is 4.93. The average Bonchev–Trinajstić information content (AvgIpc) is 2.75. The van der Waals surface area contributed by atoms with Crippen LogP contribution in [0.4, 0.5) is 5.82 Å². The molecule has 7 nitrogen and oxygen atoms in total. The van der Waals surface area contributed by atoms with Crippen LogP contribution in [0.2, 0.25) is 0 Å². The van der Waals surface area contributed by atoms with Crippen molar-refractivity contribution in [3.8, 4) is 0 Å². The van der Waals surface area contributed by atoms with Gasteiger partial charge in [-0.1, -0.05) is 5.16 Å². The Morgan fingerprint density at radius 2 is 2.25 bits per heavy atom. The van der Waals surface area contributed by atoms with Crippen LogP contribution in [0.25, 0.3) is 0 Å². The van der Waals surface area contributed by atoms with Gasteiger partial charge in [0.05, 0.1) is 6.33 Å². The zero-order chi connectivity index (χ0) is 11.8. The van der Waals surface area contributed by atoms with Gasteiger partial charge in [-0.05, 0) is 6.92 Å². The number of nitrogens with one attached hydrogen (secondary N) is 1. The number of aryl methyl sites for hydroxylation is 2. The van der Waals surface area contributed by atoms with E-state index in [2.05, 4.69) is 14.9 Å². The van der Waals surface area contributed by atoms with Crippen LogP contribution in [0.15, 0.2) is 28.1 Å². The van der Waals surface area contributed by atoms with Crippen molar-refractivity contribution in [2.24, 2.45) is 7.05 Å². The van der Waals surface area contributed by atoms with Crippen LogP contribution >= 0.6 is 0 Å². The minimum Gasteiger partial charge on any atom is -0.360 e. The largest absolute Gasteiger partial charge is 0.360 e. The first-order valence-electron chi connectivity index (χ1n) is 4.41. The molecule has 0 saturated carbocycles. The van der Waals surface area contributed by atoms with Crippen molar-refractivity contribution >= 4 is 15.8 Å². The van der Waals surface area contributed by atoms with Crippen molar-refractivity contribution in [2.75, 3.05) is 4.72 Å². The standard InChI is InChI=1S/C8H10N4O3S/c1-6-3-7(10-15-6)11-16(13,14)8-4-12(2)5-9-8/h3-5H,1-2H3,(H,10,11). The first-order valence-corrected chi connectivity index (χ1v) is 5.90. The maximum absolute atomic E-state index is 11.8. The van der Waals surface area contributed by atoms with Gasteiger partial charge in [0.1, 0.15) is 5.76 Å². The van der Waals surface area contributed by atoms with E-state index >= 15 is 0 Å². The molecule has 0 aliphatic rings. The molecule has 0 aromatic carbocycles. The highest BCUT2D eigenvalue weighted by molar-refractivity contribution is 7.92. The first-order chi connectivity index (χ1) is 7.47. The quantitative estimate of drug-likeness (QED) is 0.847. The number of sulfonamides is 1. The fraction of sp³-hybridized carbons (Fsp3) is 0.250. The van der Waals surface area contributed by atoms with Gasteiger partial charge in [0.15, 0.2) is 10.8 Å². The molecule has 0 amide bonds. The molecule has 0 fully saturated rings. The molecular formula is C8H10N4O3S. The molecule has 0 aliphatic carbocycles. The summed E-state index contributed by atoms with van der Waals surface area (Å²) in [7, 11) is -2.00. The highest BCUT2D eigenvalue weighted by Crippen LogP contribution is 2.13. The average molecular weight is 242 g/mol. The lowest BCUT2D eigenvalue weighted by Gasteiger charge is -1.99. The third-order valence-corrected chi connectivity index (χ3v) is 3.06. The number of hydrogen-bond acceptors (Lipinski definition) is 5. The molecule has 0 spiro atoms. The zero-order valence-corrected chi connectivity index (χ0v) is 9.52. The third-order valence-electron chi connectivity index (χ3n) is 1.82. The van der Waals surface area contributed by atoms with Crippen molar-refractivity contribution in [2.45, 2.75) is 11.9 Å². The minimum atomic E-state index is -3.68. The summed E-state index contributed by atoms with van der Waals surface area (Å²) in [6.07, 6.45) is 2.80. The van der Waals surface area contributed by atoms with E-state index in [0.717, 1.165) is 0 Å². The van der Waals surface area contributed by atoms with E-state index in [1.807, 2.05) is 0 Å².